The largest absolute Gasteiger partial charge is 0.451 e. The van der Waals surface area contributed by atoms with Crippen LogP contribution in [0.4, 0.5) is 5.69 Å². The number of anilines is 1. The highest BCUT2D eigenvalue weighted by Crippen LogP contribution is 2.21. The summed E-state index contributed by atoms with van der Waals surface area (Å²) >= 11 is 0. The maximum atomic E-state index is 11.7. The molecule has 4 N–H and O–H groups in total. The van der Waals surface area contributed by atoms with Gasteiger partial charge >= 0.3 is 0 Å². The Balaban J connectivity index is 2.27. The van der Waals surface area contributed by atoms with Gasteiger partial charge in [0.05, 0.1) is 6.61 Å². The van der Waals surface area contributed by atoms with Gasteiger partial charge in [-0.05, 0) is 31.2 Å². The number of nitrogens with two attached hydrogens (primary N) is 1. The first kappa shape index (κ1) is 11.5. The molecule has 17 heavy (non-hydrogen) atoms. The molecule has 1 aromatic carbocycles. The van der Waals surface area contributed by atoms with E-state index >= 15 is 0 Å². The number of amides is 1. The molecule has 0 saturated carbocycles. The van der Waals surface area contributed by atoms with E-state index in [9.17, 15) is 4.79 Å². The molecule has 0 unspecified atom stereocenters. The molecular weight excluding hydrogens is 220 g/mol. The molecule has 90 valence electrons. The minimum atomic E-state index is -0.346. The zero-order chi connectivity index (χ0) is 12.4. The number of furan rings is 1. The van der Waals surface area contributed by atoms with Gasteiger partial charge in [0, 0.05) is 17.1 Å². The molecule has 1 aromatic heterocycles. The van der Waals surface area contributed by atoms with E-state index < -0.39 is 0 Å². The van der Waals surface area contributed by atoms with Crippen LogP contribution in [0.15, 0.2) is 28.7 Å². The van der Waals surface area contributed by atoms with E-state index in [1.165, 1.54) is 0 Å². The van der Waals surface area contributed by atoms with Crippen LogP contribution >= 0.6 is 0 Å². The Morgan fingerprint density at radius 3 is 3.00 bits per heavy atom. The number of rotatable bonds is 3. The first-order valence-corrected chi connectivity index (χ1v) is 5.31. The Morgan fingerprint density at radius 1 is 1.53 bits per heavy atom. The lowest BCUT2D eigenvalue weighted by molar-refractivity contribution is 0.0896. The predicted octanol–water partition coefficient (Wildman–Crippen LogP) is 1.13. The zero-order valence-corrected chi connectivity index (χ0v) is 9.43. The quantitative estimate of drug-likeness (QED) is 0.694. The van der Waals surface area contributed by atoms with Crippen molar-refractivity contribution in [3.63, 3.8) is 0 Å². The van der Waals surface area contributed by atoms with Gasteiger partial charge in [-0.1, -0.05) is 0 Å². The molecule has 1 atom stereocenters. The molecule has 0 fully saturated rings. The summed E-state index contributed by atoms with van der Waals surface area (Å²) in [5.74, 6) is -0.132. The summed E-state index contributed by atoms with van der Waals surface area (Å²) in [6.07, 6.45) is 0. The third-order valence-electron chi connectivity index (χ3n) is 2.42. The lowest BCUT2D eigenvalue weighted by atomic mass is 10.2. The van der Waals surface area contributed by atoms with E-state index in [1.54, 1.807) is 31.2 Å². The highest BCUT2D eigenvalue weighted by Gasteiger charge is 2.14. The minimum absolute atomic E-state index is 0.112. The van der Waals surface area contributed by atoms with Gasteiger partial charge in [-0.15, -0.1) is 0 Å². The number of nitrogens with one attached hydrogen (secondary N) is 1. The van der Waals surface area contributed by atoms with E-state index in [0.29, 0.717) is 11.3 Å². The van der Waals surface area contributed by atoms with Crippen molar-refractivity contribution in [1.29, 1.82) is 0 Å². The first-order valence-electron chi connectivity index (χ1n) is 5.31. The Bertz CT molecular complexity index is 548. The molecule has 5 nitrogen and oxygen atoms in total. The fraction of sp³-hybridized carbons (Fsp3) is 0.250. The second-order valence-electron chi connectivity index (χ2n) is 3.96. The van der Waals surface area contributed by atoms with Gasteiger partial charge in [0.25, 0.3) is 5.91 Å². The summed E-state index contributed by atoms with van der Waals surface area (Å²) in [5.41, 5.74) is 6.87. The van der Waals surface area contributed by atoms with E-state index in [0.717, 1.165) is 5.39 Å². The number of benzene rings is 1. The van der Waals surface area contributed by atoms with E-state index in [1.807, 2.05) is 0 Å². The molecule has 0 aliphatic heterocycles. The normalized spacial score (nSPS) is 12.6. The van der Waals surface area contributed by atoms with Gasteiger partial charge in [-0.3, -0.25) is 4.79 Å². The molecule has 2 aromatic rings. The van der Waals surface area contributed by atoms with Crippen LogP contribution in [0.2, 0.25) is 0 Å². The molecule has 0 aliphatic carbocycles. The van der Waals surface area contributed by atoms with Crippen LogP contribution in [-0.2, 0) is 0 Å². The van der Waals surface area contributed by atoms with Gasteiger partial charge in [0.1, 0.15) is 5.58 Å². The summed E-state index contributed by atoms with van der Waals surface area (Å²) < 4.78 is 5.38. The molecule has 0 radical (unpaired) electrons. The minimum Gasteiger partial charge on any atom is -0.451 e. The van der Waals surface area contributed by atoms with Crippen molar-refractivity contribution < 1.29 is 14.3 Å². The number of carbonyl (C=O) groups excluding carboxylic acids is 1. The monoisotopic (exact) mass is 234 g/mol. The molecule has 1 amide bonds. The second kappa shape index (κ2) is 4.47. The average Bonchev–Trinajstić information content (AvgIpc) is 2.71. The van der Waals surface area contributed by atoms with Crippen molar-refractivity contribution in [2.75, 3.05) is 12.3 Å². The Labute approximate surface area is 98.2 Å². The SMILES string of the molecule is C[C@H](CO)NC(=O)c1cc2cc(N)ccc2o1. The fourth-order valence-electron chi connectivity index (χ4n) is 1.51. The number of aliphatic hydroxyl groups excluding tert-OH is 1. The standard InChI is InChI=1S/C12H14N2O3/c1-7(6-15)14-12(16)11-5-8-4-9(13)2-3-10(8)17-11/h2-5,7,15H,6,13H2,1H3,(H,14,16)/t7-/m1/s1. The fourth-order valence-corrected chi connectivity index (χ4v) is 1.51. The number of aliphatic hydroxyl groups is 1. The topological polar surface area (TPSA) is 88.5 Å². The second-order valence-corrected chi connectivity index (χ2v) is 3.96. The van der Waals surface area contributed by atoms with Crippen molar-refractivity contribution in [3.05, 3.63) is 30.0 Å². The van der Waals surface area contributed by atoms with Crippen LogP contribution in [0.5, 0.6) is 0 Å². The summed E-state index contributed by atoms with van der Waals surface area (Å²) in [4.78, 5) is 11.7. The zero-order valence-electron chi connectivity index (χ0n) is 9.43. The maximum Gasteiger partial charge on any atom is 0.287 e. The molecular formula is C12H14N2O3. The molecule has 0 saturated heterocycles. The highest BCUT2D eigenvalue weighted by molar-refractivity contribution is 5.96. The Hall–Kier alpha value is -2.01. The van der Waals surface area contributed by atoms with Crippen LogP contribution < -0.4 is 11.1 Å². The van der Waals surface area contributed by atoms with Gasteiger partial charge in [-0.2, -0.15) is 0 Å². The van der Waals surface area contributed by atoms with Crippen LogP contribution in [0.25, 0.3) is 11.0 Å². The smallest absolute Gasteiger partial charge is 0.287 e. The molecule has 0 spiro atoms. The van der Waals surface area contributed by atoms with Crippen LogP contribution in [0, 0.1) is 0 Å². The van der Waals surface area contributed by atoms with Crippen LogP contribution in [0.3, 0.4) is 0 Å². The van der Waals surface area contributed by atoms with Gasteiger partial charge < -0.3 is 20.6 Å². The molecule has 0 aliphatic rings. The Morgan fingerprint density at radius 2 is 2.29 bits per heavy atom. The first-order chi connectivity index (χ1) is 8.10. The lowest BCUT2D eigenvalue weighted by Gasteiger charge is -2.08. The predicted molar refractivity (Wildman–Crippen MR) is 64.6 cm³/mol. The molecule has 0 bridgehead atoms. The van der Waals surface area contributed by atoms with Crippen molar-refractivity contribution >= 4 is 22.6 Å². The number of fused-ring (bicyclic) bond motifs is 1. The van der Waals surface area contributed by atoms with Crippen molar-refractivity contribution in [2.24, 2.45) is 0 Å². The number of carbonyl (C=O) groups is 1. The number of hydrogen-bond acceptors (Lipinski definition) is 4. The summed E-state index contributed by atoms with van der Waals surface area (Å²) in [5, 5.41) is 12.2. The maximum absolute atomic E-state index is 11.7. The summed E-state index contributed by atoms with van der Waals surface area (Å²) in [7, 11) is 0. The van der Waals surface area contributed by atoms with E-state index in [-0.39, 0.29) is 24.3 Å². The van der Waals surface area contributed by atoms with Crippen molar-refractivity contribution in [2.45, 2.75) is 13.0 Å². The van der Waals surface area contributed by atoms with Gasteiger partial charge in [0.2, 0.25) is 0 Å². The average molecular weight is 234 g/mol. The van der Waals surface area contributed by atoms with Crippen molar-refractivity contribution in [1.82, 2.24) is 5.32 Å². The number of hydrogen-bond donors (Lipinski definition) is 3. The molecule has 5 heteroatoms. The third kappa shape index (κ3) is 2.39. The van der Waals surface area contributed by atoms with Gasteiger partial charge in [0.15, 0.2) is 5.76 Å². The summed E-state index contributed by atoms with van der Waals surface area (Å²) in [6.45, 7) is 1.59. The van der Waals surface area contributed by atoms with Gasteiger partial charge in [-0.25, -0.2) is 0 Å². The van der Waals surface area contributed by atoms with Crippen LogP contribution in [-0.4, -0.2) is 23.7 Å². The Kier molecular flexibility index (Phi) is 3.01. The summed E-state index contributed by atoms with van der Waals surface area (Å²) in [6, 6.07) is 6.50. The van der Waals surface area contributed by atoms with E-state index in [2.05, 4.69) is 5.32 Å². The molecule has 1 heterocycles. The van der Waals surface area contributed by atoms with Crippen molar-refractivity contribution in [3.8, 4) is 0 Å². The third-order valence-corrected chi connectivity index (χ3v) is 2.42. The number of nitrogen functional groups attached to an aromatic ring is 1. The molecule has 2 rings (SSSR count). The van der Waals surface area contributed by atoms with Crippen LogP contribution in [0.1, 0.15) is 17.5 Å². The van der Waals surface area contributed by atoms with E-state index in [4.69, 9.17) is 15.3 Å². The lowest BCUT2D eigenvalue weighted by Crippen LogP contribution is -2.34. The highest BCUT2D eigenvalue weighted by atomic mass is 16.3.